The fourth-order valence-electron chi connectivity index (χ4n) is 4.55. The molecule has 1 heterocycles. The van der Waals surface area contributed by atoms with E-state index in [9.17, 15) is 32.8 Å². The van der Waals surface area contributed by atoms with Crippen LogP contribution in [0.25, 0.3) is 0 Å². The van der Waals surface area contributed by atoms with Crippen molar-refractivity contribution in [3.8, 4) is 0 Å². The Kier molecular flexibility index (Phi) is 16.3. The van der Waals surface area contributed by atoms with E-state index in [1.165, 1.54) is 0 Å². The summed E-state index contributed by atoms with van der Waals surface area (Å²) in [4.78, 5) is 57.5. The number of halogens is 2. The number of carboxylic acids is 1. The van der Waals surface area contributed by atoms with Gasteiger partial charge in [0.25, 0.3) is 5.91 Å². The van der Waals surface area contributed by atoms with Crippen molar-refractivity contribution in [1.82, 2.24) is 21.3 Å². The normalized spacial score (nSPS) is 14.4. The lowest BCUT2D eigenvalue weighted by atomic mass is 9.91. The fraction of sp³-hybridized carbons (Fsp3) is 0.500. The lowest BCUT2D eigenvalue weighted by Crippen LogP contribution is -2.37. The van der Waals surface area contributed by atoms with Crippen molar-refractivity contribution in [2.24, 2.45) is 5.92 Å². The van der Waals surface area contributed by atoms with Gasteiger partial charge in [-0.05, 0) is 102 Å². The molecule has 1 fully saturated rings. The first-order valence-electron chi connectivity index (χ1n) is 15.8. The summed E-state index contributed by atoms with van der Waals surface area (Å²) in [5.74, 6) is -2.82. The Labute approximate surface area is 279 Å². The first kappa shape index (κ1) is 39.4. The molecule has 4 amide bonds. The summed E-state index contributed by atoms with van der Waals surface area (Å²) < 4.78 is 37.9. The Morgan fingerprint density at radius 1 is 0.979 bits per heavy atom. The maximum absolute atomic E-state index is 14.2. The van der Waals surface area contributed by atoms with Crippen LogP contribution in [-0.4, -0.2) is 73.0 Å². The summed E-state index contributed by atoms with van der Waals surface area (Å²) in [6.45, 7) is 8.42. The lowest BCUT2D eigenvalue weighted by molar-refractivity contribution is -0.127. The summed E-state index contributed by atoms with van der Waals surface area (Å²) in [5, 5.41) is 19.0. The molecule has 0 aromatic heterocycles. The number of hydrogen-bond donors (Lipinski definition) is 5. The van der Waals surface area contributed by atoms with Gasteiger partial charge in [-0.3, -0.25) is 9.59 Å². The zero-order chi connectivity index (χ0) is 35.7. The molecule has 2 aromatic rings. The molecule has 0 bridgehead atoms. The van der Waals surface area contributed by atoms with E-state index >= 15 is 0 Å². The van der Waals surface area contributed by atoms with Gasteiger partial charge in [0.1, 0.15) is 17.2 Å². The Morgan fingerprint density at radius 3 is 2.23 bits per heavy atom. The average Bonchev–Trinajstić information content (AvgIpc) is 3.44. The minimum Gasteiger partial charge on any atom is -0.478 e. The molecule has 48 heavy (non-hydrogen) atoms. The maximum Gasteiger partial charge on any atom is 0.408 e. The van der Waals surface area contributed by atoms with Gasteiger partial charge in [0, 0.05) is 26.1 Å². The number of benzene rings is 2. The van der Waals surface area contributed by atoms with Gasteiger partial charge in [0.2, 0.25) is 5.91 Å². The lowest BCUT2D eigenvalue weighted by Gasteiger charge is -2.20. The highest BCUT2D eigenvalue weighted by atomic mass is 19.1. The number of cyclic esters (lactones) is 1. The SMILES string of the molecule is CC(C)(C)OC(=O)NCCCC(CC(=O)NCCCCNC(=O)[C@@H]1CNC(=O)O1)Cc1cc(F)ccc1F.Cc1ccc(C(=O)O)cc1. The first-order chi connectivity index (χ1) is 22.6. The largest absolute Gasteiger partial charge is 0.478 e. The number of carbonyl (C=O) groups is 5. The monoisotopic (exact) mass is 676 g/mol. The second-order valence-electron chi connectivity index (χ2n) is 12.4. The average molecular weight is 677 g/mol. The van der Waals surface area contributed by atoms with Gasteiger partial charge in [-0.1, -0.05) is 17.7 Å². The number of amides is 4. The van der Waals surface area contributed by atoms with Crippen LogP contribution in [0.15, 0.2) is 42.5 Å². The van der Waals surface area contributed by atoms with Crippen LogP contribution in [0, 0.1) is 24.5 Å². The Hall–Kier alpha value is -4.75. The van der Waals surface area contributed by atoms with Gasteiger partial charge in [-0.25, -0.2) is 23.2 Å². The van der Waals surface area contributed by atoms with Crippen LogP contribution in [0.4, 0.5) is 18.4 Å². The zero-order valence-corrected chi connectivity index (χ0v) is 27.8. The molecule has 1 aliphatic heterocycles. The van der Waals surface area contributed by atoms with Crippen LogP contribution >= 0.6 is 0 Å². The van der Waals surface area contributed by atoms with Crippen LogP contribution in [0.5, 0.6) is 0 Å². The van der Waals surface area contributed by atoms with Crippen LogP contribution in [0.3, 0.4) is 0 Å². The molecule has 1 saturated heterocycles. The number of carbonyl (C=O) groups excluding carboxylic acids is 4. The van der Waals surface area contributed by atoms with Gasteiger partial charge in [0.05, 0.1) is 12.1 Å². The van der Waals surface area contributed by atoms with Gasteiger partial charge < -0.3 is 35.8 Å². The molecule has 0 saturated carbocycles. The second-order valence-corrected chi connectivity index (χ2v) is 12.4. The molecule has 5 N–H and O–H groups in total. The second kappa shape index (κ2) is 19.8. The third-order valence-corrected chi connectivity index (χ3v) is 6.94. The van der Waals surface area contributed by atoms with E-state index in [1.807, 2.05) is 6.92 Å². The van der Waals surface area contributed by atoms with Crippen LogP contribution in [0.2, 0.25) is 0 Å². The van der Waals surface area contributed by atoms with Crippen LogP contribution < -0.4 is 21.3 Å². The van der Waals surface area contributed by atoms with Crippen molar-refractivity contribution in [3.05, 3.63) is 70.8 Å². The highest BCUT2D eigenvalue weighted by Crippen LogP contribution is 2.21. The zero-order valence-electron chi connectivity index (χ0n) is 27.8. The Bertz CT molecular complexity index is 1380. The summed E-state index contributed by atoms with van der Waals surface area (Å²) in [6, 6.07) is 10.0. The standard InChI is InChI=1S/C26H38F2N4O6.C8H8O2/c1-26(2,3)38-25(36)31-12-6-7-17(13-18-15-19(27)8-9-20(18)28)14-22(33)29-10-4-5-11-30-23(34)21-16-32-24(35)37-21;1-6-2-4-7(5-3-6)8(9)10/h8-9,15,17,21H,4-7,10-14,16H2,1-3H3,(H,29,33)(H,30,34)(H,31,36)(H,32,35);2-5H,1H3,(H,9,10)/t17?,21-;/m0./s1. The number of ether oxygens (including phenoxy) is 2. The van der Waals surface area contributed by atoms with E-state index in [0.717, 1.165) is 23.8 Å². The molecule has 3 rings (SSSR count). The number of carboxylic acid groups (broad SMARTS) is 1. The van der Waals surface area contributed by atoms with Gasteiger partial charge in [0.15, 0.2) is 6.10 Å². The minimum atomic E-state index is -0.875. The molecule has 0 spiro atoms. The number of aromatic carboxylic acids is 1. The number of aryl methyl sites for hydroxylation is 1. The number of unbranched alkanes of at least 4 members (excludes halogenated alkanes) is 1. The van der Waals surface area contributed by atoms with Crippen molar-refractivity contribution in [2.75, 3.05) is 26.2 Å². The third kappa shape index (κ3) is 16.2. The molecule has 264 valence electrons. The fourth-order valence-corrected chi connectivity index (χ4v) is 4.55. The molecule has 1 unspecified atom stereocenters. The summed E-state index contributed by atoms with van der Waals surface area (Å²) >= 11 is 0. The van der Waals surface area contributed by atoms with E-state index < -0.39 is 41.5 Å². The third-order valence-electron chi connectivity index (χ3n) is 6.94. The number of rotatable bonds is 15. The molecule has 2 atom stereocenters. The van der Waals surface area contributed by atoms with Gasteiger partial charge in [-0.15, -0.1) is 0 Å². The van der Waals surface area contributed by atoms with Crippen LogP contribution in [0.1, 0.15) is 74.4 Å². The summed E-state index contributed by atoms with van der Waals surface area (Å²) in [6.07, 6.45) is 0.541. The smallest absolute Gasteiger partial charge is 0.408 e. The van der Waals surface area contributed by atoms with E-state index in [4.69, 9.17) is 14.6 Å². The molecular formula is C34H46F2N4O8. The highest BCUT2D eigenvalue weighted by Gasteiger charge is 2.28. The summed E-state index contributed by atoms with van der Waals surface area (Å²) in [5.41, 5.74) is 0.991. The predicted molar refractivity (Wildman–Crippen MR) is 173 cm³/mol. The highest BCUT2D eigenvalue weighted by molar-refractivity contribution is 5.87. The molecule has 0 aliphatic carbocycles. The minimum absolute atomic E-state index is 0.110. The molecule has 0 radical (unpaired) electrons. The van der Waals surface area contributed by atoms with E-state index in [-0.39, 0.29) is 42.7 Å². The van der Waals surface area contributed by atoms with Crippen LogP contribution in [-0.2, 0) is 25.5 Å². The predicted octanol–water partition coefficient (Wildman–Crippen LogP) is 4.63. The Morgan fingerprint density at radius 2 is 1.62 bits per heavy atom. The van der Waals surface area contributed by atoms with Gasteiger partial charge in [-0.2, -0.15) is 0 Å². The van der Waals surface area contributed by atoms with E-state index in [0.29, 0.717) is 50.9 Å². The van der Waals surface area contributed by atoms with Gasteiger partial charge >= 0.3 is 18.2 Å². The number of alkyl carbamates (subject to hydrolysis) is 2. The first-order valence-corrected chi connectivity index (χ1v) is 15.8. The Balaban J connectivity index is 0.000000680. The van der Waals surface area contributed by atoms with E-state index in [2.05, 4.69) is 21.3 Å². The number of nitrogens with one attached hydrogen (secondary N) is 4. The van der Waals surface area contributed by atoms with Crippen molar-refractivity contribution in [1.29, 1.82) is 0 Å². The quantitative estimate of drug-likeness (QED) is 0.170. The van der Waals surface area contributed by atoms with Crippen molar-refractivity contribution < 1.29 is 47.3 Å². The molecular weight excluding hydrogens is 630 g/mol. The molecule has 2 aromatic carbocycles. The van der Waals surface area contributed by atoms with Crippen molar-refractivity contribution in [2.45, 2.75) is 77.9 Å². The molecule has 12 nitrogen and oxygen atoms in total. The molecule has 1 aliphatic rings. The van der Waals surface area contributed by atoms with Crippen molar-refractivity contribution in [3.63, 3.8) is 0 Å². The maximum atomic E-state index is 14.2. The summed E-state index contributed by atoms with van der Waals surface area (Å²) in [7, 11) is 0. The topological polar surface area (TPSA) is 172 Å². The number of hydrogen-bond acceptors (Lipinski definition) is 7. The van der Waals surface area contributed by atoms with E-state index in [1.54, 1.807) is 45.0 Å². The molecule has 14 heteroatoms. The van der Waals surface area contributed by atoms with Crippen molar-refractivity contribution >= 4 is 30.0 Å².